The van der Waals surface area contributed by atoms with E-state index >= 15 is 0 Å². The molecule has 0 unspecified atom stereocenters. The zero-order valence-corrected chi connectivity index (χ0v) is 8.24. The highest BCUT2D eigenvalue weighted by Gasteiger charge is 2.03. The van der Waals surface area contributed by atoms with Crippen LogP contribution in [-0.4, -0.2) is 10.2 Å². The van der Waals surface area contributed by atoms with Gasteiger partial charge in [-0.3, -0.25) is 0 Å². The molecule has 1 aromatic carbocycles. The van der Waals surface area contributed by atoms with Crippen molar-refractivity contribution in [2.45, 2.75) is 6.92 Å². The summed E-state index contributed by atoms with van der Waals surface area (Å²) in [7, 11) is 0. The minimum Gasteiger partial charge on any atom is -0.382 e. The molecule has 0 saturated heterocycles. The zero-order chi connectivity index (χ0) is 10.8. The van der Waals surface area contributed by atoms with Crippen molar-refractivity contribution in [3.8, 4) is 11.3 Å². The summed E-state index contributed by atoms with van der Waals surface area (Å²) in [5, 5.41) is 7.59. The summed E-state index contributed by atoms with van der Waals surface area (Å²) in [6.07, 6.45) is 0. The fourth-order valence-corrected chi connectivity index (χ4v) is 1.25. The summed E-state index contributed by atoms with van der Waals surface area (Å²) in [5.74, 6) is 0.109. The van der Waals surface area contributed by atoms with Crippen LogP contribution in [-0.2, 0) is 0 Å². The molecule has 15 heavy (non-hydrogen) atoms. The predicted molar refractivity (Wildman–Crippen MR) is 56.6 cm³/mol. The van der Waals surface area contributed by atoms with Crippen LogP contribution in [0.5, 0.6) is 0 Å². The van der Waals surface area contributed by atoms with Crippen LogP contribution in [0.4, 0.5) is 10.2 Å². The molecule has 0 aliphatic rings. The summed E-state index contributed by atoms with van der Waals surface area (Å²) in [6, 6.07) is 8.31. The molecule has 0 spiro atoms. The van der Waals surface area contributed by atoms with Gasteiger partial charge in [0.2, 0.25) is 0 Å². The first-order chi connectivity index (χ1) is 7.16. The third kappa shape index (κ3) is 1.93. The van der Waals surface area contributed by atoms with Gasteiger partial charge < -0.3 is 5.73 Å². The number of anilines is 1. The Bertz CT molecular complexity index is 480. The fraction of sp³-hybridized carbons (Fsp3) is 0.0909. The van der Waals surface area contributed by atoms with Crippen LogP contribution in [0.2, 0.25) is 0 Å². The molecule has 0 fully saturated rings. The average Bonchev–Trinajstić information content (AvgIpc) is 2.23. The Morgan fingerprint density at radius 3 is 2.53 bits per heavy atom. The van der Waals surface area contributed by atoms with Crippen LogP contribution in [0.25, 0.3) is 11.3 Å². The Hall–Kier alpha value is -1.97. The first-order valence-electron chi connectivity index (χ1n) is 4.52. The van der Waals surface area contributed by atoms with E-state index in [4.69, 9.17) is 5.73 Å². The molecule has 1 aromatic heterocycles. The number of aryl methyl sites for hydroxylation is 1. The van der Waals surface area contributed by atoms with Gasteiger partial charge in [-0.05, 0) is 30.7 Å². The van der Waals surface area contributed by atoms with Crippen molar-refractivity contribution < 1.29 is 4.39 Å². The molecule has 76 valence electrons. The van der Waals surface area contributed by atoms with E-state index in [0.29, 0.717) is 22.6 Å². The molecule has 0 aliphatic heterocycles. The zero-order valence-electron chi connectivity index (χ0n) is 8.24. The Morgan fingerprint density at radius 1 is 1.13 bits per heavy atom. The molecular weight excluding hydrogens is 193 g/mol. The van der Waals surface area contributed by atoms with Crippen LogP contribution >= 0.6 is 0 Å². The maximum absolute atomic E-state index is 13.3. The average molecular weight is 203 g/mol. The van der Waals surface area contributed by atoms with E-state index in [2.05, 4.69) is 10.2 Å². The third-order valence-corrected chi connectivity index (χ3v) is 2.15. The molecule has 1 heterocycles. The van der Waals surface area contributed by atoms with E-state index in [1.807, 2.05) is 0 Å². The summed E-state index contributed by atoms with van der Waals surface area (Å²) in [4.78, 5) is 0. The fourth-order valence-electron chi connectivity index (χ4n) is 1.25. The lowest BCUT2D eigenvalue weighted by Crippen LogP contribution is -1.94. The number of nitrogens with zero attached hydrogens (tertiary/aromatic N) is 2. The minimum atomic E-state index is -0.244. The number of halogens is 1. The second kappa shape index (κ2) is 3.65. The molecule has 0 radical (unpaired) electrons. The Labute approximate surface area is 86.8 Å². The number of nitrogen functional groups attached to an aromatic ring is 1. The number of rotatable bonds is 1. The number of nitrogens with two attached hydrogens (primary N) is 1. The van der Waals surface area contributed by atoms with Gasteiger partial charge in [0, 0.05) is 5.56 Å². The highest BCUT2D eigenvalue weighted by molar-refractivity contribution is 5.59. The quantitative estimate of drug-likeness (QED) is 0.772. The van der Waals surface area contributed by atoms with Crippen LogP contribution < -0.4 is 5.73 Å². The largest absolute Gasteiger partial charge is 0.382 e. The molecule has 0 atom stereocenters. The monoisotopic (exact) mass is 203 g/mol. The Morgan fingerprint density at radius 2 is 1.93 bits per heavy atom. The Balaban J connectivity index is 2.45. The first-order valence-corrected chi connectivity index (χ1v) is 4.52. The summed E-state index contributed by atoms with van der Waals surface area (Å²) in [6.45, 7) is 1.72. The SMILES string of the molecule is Cc1ccc(-c2ccc(N)nn2)cc1F. The number of benzene rings is 1. The van der Waals surface area contributed by atoms with Crippen molar-refractivity contribution in [2.24, 2.45) is 0 Å². The molecule has 2 rings (SSSR count). The molecule has 4 heteroatoms. The number of aromatic nitrogens is 2. The third-order valence-electron chi connectivity index (χ3n) is 2.15. The molecule has 0 saturated carbocycles. The molecule has 0 aliphatic carbocycles. The van der Waals surface area contributed by atoms with Crippen molar-refractivity contribution in [3.63, 3.8) is 0 Å². The van der Waals surface area contributed by atoms with Crippen LogP contribution in [0, 0.1) is 12.7 Å². The van der Waals surface area contributed by atoms with Gasteiger partial charge in [-0.25, -0.2) is 4.39 Å². The van der Waals surface area contributed by atoms with Gasteiger partial charge in [-0.2, -0.15) is 0 Å². The van der Waals surface area contributed by atoms with E-state index in [-0.39, 0.29) is 5.82 Å². The minimum absolute atomic E-state index is 0.244. The van der Waals surface area contributed by atoms with Crippen LogP contribution in [0.1, 0.15) is 5.56 Å². The van der Waals surface area contributed by atoms with E-state index < -0.39 is 0 Å². The van der Waals surface area contributed by atoms with Crippen molar-refractivity contribution in [1.29, 1.82) is 0 Å². The number of hydrogen-bond acceptors (Lipinski definition) is 3. The van der Waals surface area contributed by atoms with Gasteiger partial charge in [0.1, 0.15) is 11.6 Å². The van der Waals surface area contributed by atoms with E-state index in [0.717, 1.165) is 0 Å². The van der Waals surface area contributed by atoms with Crippen molar-refractivity contribution >= 4 is 5.82 Å². The lowest BCUT2D eigenvalue weighted by atomic mass is 10.1. The van der Waals surface area contributed by atoms with Gasteiger partial charge in [0.25, 0.3) is 0 Å². The summed E-state index contributed by atoms with van der Waals surface area (Å²) in [5.41, 5.74) is 7.34. The second-order valence-electron chi connectivity index (χ2n) is 3.31. The highest BCUT2D eigenvalue weighted by atomic mass is 19.1. The van der Waals surface area contributed by atoms with Crippen LogP contribution in [0.15, 0.2) is 30.3 Å². The predicted octanol–water partition coefficient (Wildman–Crippen LogP) is 2.17. The highest BCUT2D eigenvalue weighted by Crippen LogP contribution is 2.19. The van der Waals surface area contributed by atoms with E-state index in [1.54, 1.807) is 31.2 Å². The van der Waals surface area contributed by atoms with Gasteiger partial charge in [0.15, 0.2) is 0 Å². The molecular formula is C11H10FN3. The van der Waals surface area contributed by atoms with Crippen molar-refractivity contribution in [1.82, 2.24) is 10.2 Å². The maximum atomic E-state index is 13.3. The smallest absolute Gasteiger partial charge is 0.146 e. The lowest BCUT2D eigenvalue weighted by molar-refractivity contribution is 0.619. The topological polar surface area (TPSA) is 51.8 Å². The second-order valence-corrected chi connectivity index (χ2v) is 3.31. The summed E-state index contributed by atoms with van der Waals surface area (Å²) < 4.78 is 13.3. The molecule has 3 nitrogen and oxygen atoms in total. The number of hydrogen-bond donors (Lipinski definition) is 1. The van der Waals surface area contributed by atoms with Gasteiger partial charge >= 0.3 is 0 Å². The maximum Gasteiger partial charge on any atom is 0.146 e. The molecule has 0 bridgehead atoms. The molecule has 2 N–H and O–H groups in total. The Kier molecular flexibility index (Phi) is 2.33. The standard InChI is InChI=1S/C11H10FN3/c1-7-2-3-8(6-9(7)12)10-4-5-11(13)15-14-10/h2-6H,1H3,(H2,13,15). The molecule has 0 amide bonds. The van der Waals surface area contributed by atoms with Crippen LogP contribution in [0.3, 0.4) is 0 Å². The van der Waals surface area contributed by atoms with Gasteiger partial charge in [-0.15, -0.1) is 10.2 Å². The van der Waals surface area contributed by atoms with E-state index in [1.165, 1.54) is 6.07 Å². The lowest BCUT2D eigenvalue weighted by Gasteiger charge is -2.02. The first kappa shape index (κ1) is 9.58. The van der Waals surface area contributed by atoms with Crippen molar-refractivity contribution in [3.05, 3.63) is 41.7 Å². The normalized spacial score (nSPS) is 10.3. The summed E-state index contributed by atoms with van der Waals surface area (Å²) >= 11 is 0. The van der Waals surface area contributed by atoms with Gasteiger partial charge in [0.05, 0.1) is 5.69 Å². The molecule has 2 aromatic rings. The van der Waals surface area contributed by atoms with Gasteiger partial charge in [-0.1, -0.05) is 12.1 Å². The van der Waals surface area contributed by atoms with Crippen molar-refractivity contribution in [2.75, 3.05) is 5.73 Å². The van der Waals surface area contributed by atoms with E-state index in [9.17, 15) is 4.39 Å².